The molecule has 0 saturated carbocycles. The largest absolute Gasteiger partial charge is 0.318 e. The highest BCUT2D eigenvalue weighted by Crippen LogP contribution is 2.22. The van der Waals surface area contributed by atoms with Crippen molar-refractivity contribution in [2.45, 2.75) is 6.04 Å². The van der Waals surface area contributed by atoms with Gasteiger partial charge in [-0.2, -0.15) is 4.39 Å². The average Bonchev–Trinajstić information content (AvgIpc) is 2.47. The van der Waals surface area contributed by atoms with Gasteiger partial charge in [0.05, 0.1) is 29.1 Å². The van der Waals surface area contributed by atoms with E-state index in [2.05, 4.69) is 19.9 Å². The van der Waals surface area contributed by atoms with Crippen LogP contribution >= 0.6 is 0 Å². The Kier molecular flexibility index (Phi) is 2.85. The Morgan fingerprint density at radius 3 is 2.79 bits per heavy atom. The summed E-state index contributed by atoms with van der Waals surface area (Å²) in [5, 5.41) is 0.549. The van der Waals surface area contributed by atoms with E-state index in [0.717, 1.165) is 0 Å². The van der Waals surface area contributed by atoms with Gasteiger partial charge in [0.2, 0.25) is 5.95 Å². The normalized spacial score (nSPS) is 12.5. The zero-order valence-corrected chi connectivity index (χ0v) is 9.86. The Morgan fingerprint density at radius 2 is 2.00 bits per heavy atom. The van der Waals surface area contributed by atoms with Crippen molar-refractivity contribution in [3.05, 3.63) is 60.3 Å². The van der Waals surface area contributed by atoms with Crippen molar-refractivity contribution >= 4 is 10.9 Å². The number of nitrogens with two attached hydrogens (primary N) is 1. The minimum Gasteiger partial charge on any atom is -0.318 e. The maximum atomic E-state index is 13.3. The van der Waals surface area contributed by atoms with E-state index < -0.39 is 12.0 Å². The molecule has 0 aliphatic rings. The molecular formula is C13H10FN5. The van der Waals surface area contributed by atoms with Gasteiger partial charge in [0.25, 0.3) is 0 Å². The zero-order chi connectivity index (χ0) is 13.2. The fourth-order valence-corrected chi connectivity index (χ4v) is 1.90. The second kappa shape index (κ2) is 4.66. The number of nitrogens with zero attached hydrogens (tertiary/aromatic N) is 4. The highest BCUT2D eigenvalue weighted by Gasteiger charge is 2.15. The third-order valence-corrected chi connectivity index (χ3v) is 2.82. The van der Waals surface area contributed by atoms with Gasteiger partial charge in [-0.15, -0.1) is 0 Å². The van der Waals surface area contributed by atoms with Crippen molar-refractivity contribution in [3.63, 3.8) is 0 Å². The smallest absolute Gasteiger partial charge is 0.213 e. The number of hydrogen-bond donors (Lipinski definition) is 1. The van der Waals surface area contributed by atoms with Gasteiger partial charge in [-0.1, -0.05) is 6.07 Å². The van der Waals surface area contributed by atoms with Gasteiger partial charge in [0.1, 0.15) is 6.33 Å². The molecule has 0 bridgehead atoms. The molecule has 19 heavy (non-hydrogen) atoms. The van der Waals surface area contributed by atoms with E-state index in [4.69, 9.17) is 5.73 Å². The lowest BCUT2D eigenvalue weighted by atomic mass is 10.1. The molecule has 0 radical (unpaired) electrons. The van der Waals surface area contributed by atoms with Crippen LogP contribution in [0, 0.1) is 5.95 Å². The Bertz CT molecular complexity index is 717. The van der Waals surface area contributed by atoms with Gasteiger partial charge >= 0.3 is 0 Å². The molecule has 0 saturated heterocycles. The summed E-state index contributed by atoms with van der Waals surface area (Å²) < 4.78 is 13.3. The number of pyridine rings is 2. The lowest BCUT2D eigenvalue weighted by Crippen LogP contribution is -2.15. The van der Waals surface area contributed by atoms with Crippen LogP contribution in [0.4, 0.5) is 4.39 Å². The first-order chi connectivity index (χ1) is 9.25. The molecule has 5 nitrogen and oxygen atoms in total. The van der Waals surface area contributed by atoms with Crippen LogP contribution in [0.3, 0.4) is 0 Å². The number of aromatic nitrogens is 4. The number of halogens is 1. The third-order valence-electron chi connectivity index (χ3n) is 2.82. The highest BCUT2D eigenvalue weighted by molar-refractivity contribution is 5.80. The van der Waals surface area contributed by atoms with Crippen LogP contribution in [0.25, 0.3) is 10.9 Å². The third kappa shape index (κ3) is 2.13. The van der Waals surface area contributed by atoms with Gasteiger partial charge in [-0.05, 0) is 12.1 Å². The van der Waals surface area contributed by atoms with Crippen molar-refractivity contribution in [1.82, 2.24) is 19.9 Å². The van der Waals surface area contributed by atoms with Crippen LogP contribution in [-0.4, -0.2) is 19.9 Å². The summed E-state index contributed by atoms with van der Waals surface area (Å²) in [6, 6.07) is 6.20. The van der Waals surface area contributed by atoms with E-state index >= 15 is 0 Å². The van der Waals surface area contributed by atoms with E-state index in [1.165, 1.54) is 18.6 Å². The summed E-state index contributed by atoms with van der Waals surface area (Å²) in [7, 11) is 0. The molecule has 1 unspecified atom stereocenters. The van der Waals surface area contributed by atoms with Crippen LogP contribution in [0.1, 0.15) is 17.4 Å². The topological polar surface area (TPSA) is 77.6 Å². The number of fused-ring (bicyclic) bond motifs is 1. The minimum absolute atomic E-state index is 0.532. The van der Waals surface area contributed by atoms with Crippen molar-refractivity contribution in [1.29, 1.82) is 0 Å². The fourth-order valence-electron chi connectivity index (χ4n) is 1.90. The molecule has 3 heterocycles. The maximum absolute atomic E-state index is 13.3. The first-order valence-corrected chi connectivity index (χ1v) is 5.68. The molecule has 0 fully saturated rings. The summed E-state index contributed by atoms with van der Waals surface area (Å²) in [5.74, 6) is -0.586. The minimum atomic E-state index is -0.586. The van der Waals surface area contributed by atoms with Gasteiger partial charge in [0.15, 0.2) is 0 Å². The Balaban J connectivity index is 2.17. The van der Waals surface area contributed by atoms with Gasteiger partial charge in [0, 0.05) is 17.6 Å². The lowest BCUT2D eigenvalue weighted by Gasteiger charge is -2.12. The predicted octanol–water partition coefficient (Wildman–Crippen LogP) is 1.61. The molecule has 0 aliphatic heterocycles. The summed E-state index contributed by atoms with van der Waals surface area (Å²) in [6.07, 6.45) is 4.40. The molecule has 0 aliphatic carbocycles. The predicted molar refractivity (Wildman–Crippen MR) is 67.6 cm³/mol. The van der Waals surface area contributed by atoms with Crippen LogP contribution in [0.15, 0.2) is 43.0 Å². The quantitative estimate of drug-likeness (QED) is 0.704. The fraction of sp³-hybridized carbons (Fsp3) is 0.0769. The van der Waals surface area contributed by atoms with Crippen LogP contribution in [-0.2, 0) is 0 Å². The molecule has 3 rings (SSSR count). The van der Waals surface area contributed by atoms with E-state index in [0.29, 0.717) is 22.3 Å². The summed E-state index contributed by atoms with van der Waals surface area (Å²) in [4.78, 5) is 16.0. The summed E-state index contributed by atoms with van der Waals surface area (Å²) in [6.45, 7) is 0. The van der Waals surface area contributed by atoms with Gasteiger partial charge < -0.3 is 5.73 Å². The molecule has 3 aromatic rings. The molecule has 0 amide bonds. The molecule has 0 spiro atoms. The Morgan fingerprint density at radius 1 is 1.11 bits per heavy atom. The average molecular weight is 255 g/mol. The zero-order valence-electron chi connectivity index (χ0n) is 9.86. The van der Waals surface area contributed by atoms with Crippen molar-refractivity contribution in [2.24, 2.45) is 5.73 Å². The molecule has 0 aromatic carbocycles. The van der Waals surface area contributed by atoms with Crippen LogP contribution in [0.2, 0.25) is 0 Å². The summed E-state index contributed by atoms with van der Waals surface area (Å²) in [5.41, 5.74) is 7.89. The molecule has 1 atom stereocenters. The molecule has 6 heteroatoms. The maximum Gasteiger partial charge on any atom is 0.213 e. The van der Waals surface area contributed by atoms with Crippen molar-refractivity contribution in [3.8, 4) is 0 Å². The van der Waals surface area contributed by atoms with Crippen LogP contribution in [0.5, 0.6) is 0 Å². The standard InChI is InChI=1S/C13H10FN5/c14-11-5-8-10(6-17-11)18-7-19-13(8)12(15)9-3-1-2-4-16-9/h1-7,12H,15H2. The second-order valence-electron chi connectivity index (χ2n) is 4.02. The highest BCUT2D eigenvalue weighted by atomic mass is 19.1. The molecule has 94 valence electrons. The van der Waals surface area contributed by atoms with E-state index in [-0.39, 0.29) is 0 Å². The SMILES string of the molecule is NC(c1ccccn1)c1ncnc2cnc(F)cc12. The summed E-state index contributed by atoms with van der Waals surface area (Å²) >= 11 is 0. The first kappa shape index (κ1) is 11.6. The monoisotopic (exact) mass is 255 g/mol. The van der Waals surface area contributed by atoms with Crippen molar-refractivity contribution < 1.29 is 4.39 Å². The molecular weight excluding hydrogens is 245 g/mol. The Hall–Kier alpha value is -2.47. The van der Waals surface area contributed by atoms with E-state index in [1.807, 2.05) is 6.07 Å². The molecule has 2 N–H and O–H groups in total. The number of hydrogen-bond acceptors (Lipinski definition) is 5. The number of rotatable bonds is 2. The van der Waals surface area contributed by atoms with Gasteiger partial charge in [-0.25, -0.2) is 15.0 Å². The Labute approximate surface area is 108 Å². The van der Waals surface area contributed by atoms with Gasteiger partial charge in [-0.3, -0.25) is 4.98 Å². The van der Waals surface area contributed by atoms with Crippen LogP contribution < -0.4 is 5.73 Å². The first-order valence-electron chi connectivity index (χ1n) is 5.68. The lowest BCUT2D eigenvalue weighted by molar-refractivity contribution is 0.585. The molecule has 3 aromatic heterocycles. The van der Waals surface area contributed by atoms with Crippen molar-refractivity contribution in [2.75, 3.05) is 0 Å². The second-order valence-corrected chi connectivity index (χ2v) is 4.02. The van der Waals surface area contributed by atoms with E-state index in [9.17, 15) is 4.39 Å². The van der Waals surface area contributed by atoms with E-state index in [1.54, 1.807) is 18.3 Å².